The van der Waals surface area contributed by atoms with Crippen LogP contribution < -0.4 is 0 Å². The smallest absolute Gasteiger partial charge is 0.329 e. The molecule has 0 radical (unpaired) electrons. The zero-order valence-electron chi connectivity index (χ0n) is 11.6. The highest BCUT2D eigenvalue weighted by molar-refractivity contribution is 5.98. The summed E-state index contributed by atoms with van der Waals surface area (Å²) in [6, 6.07) is 7.43. The Hall–Kier alpha value is -2.34. The van der Waals surface area contributed by atoms with E-state index >= 15 is 0 Å². The Balaban J connectivity index is 1.66. The van der Waals surface area contributed by atoms with Gasteiger partial charge in [-0.1, -0.05) is 0 Å². The second-order valence-electron chi connectivity index (χ2n) is 5.57. The van der Waals surface area contributed by atoms with Gasteiger partial charge in [-0.25, -0.2) is 4.79 Å². The zero-order chi connectivity index (χ0) is 15.0. The second-order valence-corrected chi connectivity index (χ2v) is 5.57. The van der Waals surface area contributed by atoms with E-state index in [-0.39, 0.29) is 12.5 Å². The largest absolute Gasteiger partial charge is 0.480 e. The molecule has 0 bridgehead atoms. The van der Waals surface area contributed by atoms with Crippen LogP contribution in [0.25, 0.3) is 10.9 Å². The van der Waals surface area contributed by atoms with Crippen molar-refractivity contribution in [3.8, 4) is 0 Å². The predicted molar refractivity (Wildman–Crippen MR) is 76.2 cm³/mol. The third-order valence-corrected chi connectivity index (χ3v) is 3.68. The number of ether oxygens (including phenoxy) is 1. The molecule has 1 aliphatic heterocycles. The van der Waals surface area contributed by atoms with Crippen molar-refractivity contribution in [1.82, 2.24) is 9.88 Å². The maximum Gasteiger partial charge on any atom is 0.329 e. The summed E-state index contributed by atoms with van der Waals surface area (Å²) in [6.07, 6.45) is 1.83. The Labute approximate surface area is 121 Å². The summed E-state index contributed by atoms with van der Waals surface area (Å²) in [5.41, 5.74) is 1.05. The Kier molecular flexibility index (Phi) is 3.17. The molecule has 0 unspecified atom stereocenters. The molecule has 1 saturated heterocycles. The van der Waals surface area contributed by atoms with Gasteiger partial charge >= 0.3 is 5.97 Å². The van der Waals surface area contributed by atoms with Crippen LogP contribution in [0.4, 0.5) is 0 Å². The first kappa shape index (κ1) is 13.6. The van der Waals surface area contributed by atoms with Gasteiger partial charge in [0, 0.05) is 22.7 Å². The summed E-state index contributed by atoms with van der Waals surface area (Å²) < 4.78 is 5.30. The fourth-order valence-electron chi connectivity index (χ4n) is 2.60. The molecule has 0 aliphatic carbocycles. The number of benzene rings is 1. The second kappa shape index (κ2) is 4.89. The van der Waals surface area contributed by atoms with E-state index in [0.29, 0.717) is 18.7 Å². The molecule has 1 aliphatic rings. The molecule has 6 nitrogen and oxygen atoms in total. The number of hydrogen-bond acceptors (Lipinski definition) is 3. The minimum Gasteiger partial charge on any atom is -0.480 e. The third-order valence-electron chi connectivity index (χ3n) is 3.68. The number of hydrogen-bond donors (Lipinski definition) is 2. The van der Waals surface area contributed by atoms with Crippen LogP contribution in [0.1, 0.15) is 17.3 Å². The molecular weight excluding hydrogens is 272 g/mol. The van der Waals surface area contributed by atoms with Crippen LogP contribution in [0.2, 0.25) is 0 Å². The number of carbonyl (C=O) groups is 2. The lowest BCUT2D eigenvalue weighted by Gasteiger charge is -2.47. The van der Waals surface area contributed by atoms with E-state index < -0.39 is 11.6 Å². The number of aliphatic carboxylic acids is 1. The third kappa shape index (κ3) is 2.62. The highest BCUT2D eigenvalue weighted by atomic mass is 16.5. The number of carboxylic acids is 1. The highest BCUT2D eigenvalue weighted by Crippen LogP contribution is 2.27. The van der Waals surface area contributed by atoms with Crippen molar-refractivity contribution < 1.29 is 19.4 Å². The van der Waals surface area contributed by atoms with Gasteiger partial charge in [-0.15, -0.1) is 0 Å². The molecule has 0 atom stereocenters. The zero-order valence-corrected chi connectivity index (χ0v) is 11.6. The fourth-order valence-corrected chi connectivity index (χ4v) is 2.60. The van der Waals surface area contributed by atoms with E-state index in [2.05, 4.69) is 4.98 Å². The van der Waals surface area contributed by atoms with Crippen LogP contribution in [-0.4, -0.2) is 52.2 Å². The van der Waals surface area contributed by atoms with E-state index in [0.717, 1.165) is 10.9 Å². The molecule has 21 heavy (non-hydrogen) atoms. The molecule has 0 spiro atoms. The van der Waals surface area contributed by atoms with Crippen LogP contribution in [0.3, 0.4) is 0 Å². The average Bonchev–Trinajstić information content (AvgIpc) is 2.88. The predicted octanol–water partition coefficient (Wildman–Crippen LogP) is 1.48. The van der Waals surface area contributed by atoms with Gasteiger partial charge < -0.3 is 19.7 Å². The van der Waals surface area contributed by atoms with Gasteiger partial charge in [0.05, 0.1) is 13.1 Å². The maximum atomic E-state index is 12.4. The fraction of sp³-hybridized carbons (Fsp3) is 0.333. The van der Waals surface area contributed by atoms with Gasteiger partial charge in [0.15, 0.2) is 0 Å². The van der Waals surface area contributed by atoms with Crippen LogP contribution in [-0.2, 0) is 9.53 Å². The number of amides is 1. The van der Waals surface area contributed by atoms with Gasteiger partial charge in [-0.05, 0) is 31.2 Å². The standard InChI is InChI=1S/C15H16N2O4/c1-15(21-7-13(18)19)8-17(9-15)14(20)11-2-3-12-10(6-11)4-5-16-12/h2-6,16H,7-9H2,1H3,(H,18,19). The van der Waals surface area contributed by atoms with E-state index in [9.17, 15) is 9.59 Å². The minimum absolute atomic E-state index is 0.0606. The number of aromatic nitrogens is 1. The van der Waals surface area contributed by atoms with Crippen LogP contribution in [0.5, 0.6) is 0 Å². The molecule has 6 heteroatoms. The Morgan fingerprint density at radius 2 is 2.14 bits per heavy atom. The van der Waals surface area contributed by atoms with Crippen molar-refractivity contribution in [3.05, 3.63) is 36.0 Å². The monoisotopic (exact) mass is 288 g/mol. The van der Waals surface area contributed by atoms with Crippen molar-refractivity contribution >= 4 is 22.8 Å². The SMILES string of the molecule is CC1(OCC(=O)O)CN(C(=O)c2ccc3[nH]ccc3c2)C1. The van der Waals surface area contributed by atoms with E-state index in [1.807, 2.05) is 31.3 Å². The molecule has 1 aromatic heterocycles. The first-order valence-electron chi connectivity index (χ1n) is 6.69. The number of carboxylic acid groups (broad SMARTS) is 1. The van der Waals surface area contributed by atoms with Gasteiger partial charge in [0.25, 0.3) is 5.91 Å². The normalized spacial score (nSPS) is 16.7. The number of aromatic amines is 1. The summed E-state index contributed by atoms with van der Waals surface area (Å²) in [5.74, 6) is -1.06. The van der Waals surface area contributed by atoms with Crippen LogP contribution >= 0.6 is 0 Å². The molecule has 2 heterocycles. The van der Waals surface area contributed by atoms with Crippen molar-refractivity contribution in [2.24, 2.45) is 0 Å². The van der Waals surface area contributed by atoms with Gasteiger partial charge in [-0.3, -0.25) is 4.79 Å². The van der Waals surface area contributed by atoms with Crippen LogP contribution in [0.15, 0.2) is 30.5 Å². The Bertz CT molecular complexity index is 701. The summed E-state index contributed by atoms with van der Waals surface area (Å²) >= 11 is 0. The summed E-state index contributed by atoms with van der Waals surface area (Å²) in [4.78, 5) is 27.6. The highest BCUT2D eigenvalue weighted by Gasteiger charge is 2.42. The first-order valence-corrected chi connectivity index (χ1v) is 6.69. The number of nitrogens with zero attached hydrogens (tertiary/aromatic N) is 1. The number of carbonyl (C=O) groups excluding carboxylic acids is 1. The molecule has 1 fully saturated rings. The molecule has 110 valence electrons. The average molecular weight is 288 g/mol. The summed E-state index contributed by atoms with van der Waals surface area (Å²) in [7, 11) is 0. The summed E-state index contributed by atoms with van der Waals surface area (Å²) in [5, 5.41) is 9.61. The number of rotatable bonds is 4. The Morgan fingerprint density at radius 3 is 2.86 bits per heavy atom. The number of H-pyrrole nitrogens is 1. The lowest BCUT2D eigenvalue weighted by Crippen LogP contribution is -2.63. The van der Waals surface area contributed by atoms with Crippen molar-refractivity contribution in [2.75, 3.05) is 19.7 Å². The van der Waals surface area contributed by atoms with E-state index in [1.165, 1.54) is 0 Å². The lowest BCUT2D eigenvalue weighted by atomic mass is 9.95. The van der Waals surface area contributed by atoms with Gasteiger partial charge in [0.2, 0.25) is 0 Å². The molecule has 2 N–H and O–H groups in total. The van der Waals surface area contributed by atoms with E-state index in [1.54, 1.807) is 11.0 Å². The Morgan fingerprint density at radius 1 is 1.38 bits per heavy atom. The number of fused-ring (bicyclic) bond motifs is 1. The number of likely N-dealkylation sites (tertiary alicyclic amines) is 1. The van der Waals surface area contributed by atoms with Crippen molar-refractivity contribution in [1.29, 1.82) is 0 Å². The van der Waals surface area contributed by atoms with Crippen LogP contribution in [0, 0.1) is 0 Å². The molecule has 1 aromatic carbocycles. The first-order chi connectivity index (χ1) is 9.97. The minimum atomic E-state index is -1.00. The topological polar surface area (TPSA) is 82.6 Å². The molecular formula is C15H16N2O4. The lowest BCUT2D eigenvalue weighted by molar-refractivity contribution is -0.159. The number of nitrogens with one attached hydrogen (secondary N) is 1. The van der Waals surface area contributed by atoms with Gasteiger partial charge in [-0.2, -0.15) is 0 Å². The molecule has 0 saturated carbocycles. The molecule has 1 amide bonds. The van der Waals surface area contributed by atoms with Gasteiger partial charge in [0.1, 0.15) is 12.2 Å². The molecule has 3 rings (SSSR count). The summed E-state index contributed by atoms with van der Waals surface area (Å²) in [6.45, 7) is 2.29. The van der Waals surface area contributed by atoms with Crippen molar-refractivity contribution in [2.45, 2.75) is 12.5 Å². The quantitative estimate of drug-likeness (QED) is 0.892. The van der Waals surface area contributed by atoms with E-state index in [4.69, 9.17) is 9.84 Å². The maximum absolute atomic E-state index is 12.4. The molecule has 2 aromatic rings. The van der Waals surface area contributed by atoms with Crippen molar-refractivity contribution in [3.63, 3.8) is 0 Å².